The normalized spacial score (nSPS) is 14.9. The molecule has 0 amide bonds. The molecule has 1 saturated carbocycles. The predicted molar refractivity (Wildman–Crippen MR) is 173 cm³/mol. The van der Waals surface area contributed by atoms with Gasteiger partial charge in [-0.1, -0.05) is 48.0 Å². The zero-order valence-corrected chi connectivity index (χ0v) is 25.9. The van der Waals surface area contributed by atoms with Crippen LogP contribution in [-0.4, -0.2) is 34.6 Å². The molecule has 1 heterocycles. The summed E-state index contributed by atoms with van der Waals surface area (Å²) < 4.78 is 73.5. The summed E-state index contributed by atoms with van der Waals surface area (Å²) in [5.41, 5.74) is 1.47. The minimum atomic E-state index is -4.45. The van der Waals surface area contributed by atoms with Gasteiger partial charge in [-0.05, 0) is 60.9 Å². The van der Waals surface area contributed by atoms with Crippen LogP contribution in [0.3, 0.4) is 0 Å². The highest BCUT2D eigenvalue weighted by Crippen LogP contribution is 2.48. The topological polar surface area (TPSA) is 105 Å². The summed E-state index contributed by atoms with van der Waals surface area (Å²) in [6.45, 7) is 7.86. The van der Waals surface area contributed by atoms with Crippen molar-refractivity contribution in [2.45, 2.75) is 36.9 Å². The Kier molecular flexibility index (Phi) is 8.08. The molecule has 1 fully saturated rings. The maximum Gasteiger partial charge on any atom is 0.335 e. The molecular formula is C35H23ClF3N3O4S. The van der Waals surface area contributed by atoms with Gasteiger partial charge in [0.05, 0.1) is 34.7 Å². The molecule has 0 spiro atoms. The van der Waals surface area contributed by atoms with E-state index in [-0.39, 0.29) is 68.0 Å². The number of rotatable bonds is 6. The first kappa shape index (κ1) is 31.9. The van der Waals surface area contributed by atoms with Gasteiger partial charge in [0.15, 0.2) is 5.69 Å². The molecule has 1 aliphatic carbocycles. The van der Waals surface area contributed by atoms with Crippen molar-refractivity contribution >= 4 is 44.2 Å². The van der Waals surface area contributed by atoms with Crippen LogP contribution >= 0.6 is 11.6 Å². The first-order valence-corrected chi connectivity index (χ1v) is 16.2. The molecule has 1 N–H and O–H groups in total. The molecule has 5 aromatic rings. The van der Waals surface area contributed by atoms with Crippen molar-refractivity contribution in [3.05, 3.63) is 112 Å². The Balaban J connectivity index is 1.72. The van der Waals surface area contributed by atoms with Crippen LogP contribution in [0.25, 0.3) is 49.3 Å². The average Bonchev–Trinajstić information content (AvgIpc) is 3.38. The molecular weight excluding hydrogens is 651 g/mol. The number of benzene rings is 4. The molecule has 12 heteroatoms. The highest BCUT2D eigenvalue weighted by atomic mass is 35.5. The molecule has 0 bridgehead atoms. The van der Waals surface area contributed by atoms with E-state index in [0.29, 0.717) is 11.1 Å². The molecule has 0 saturated heterocycles. The standard InChI is InChI=1S/C35H23ClF3N3O4S/c1-41-29-7-3-6-23(19-40)31(29)32-27-18-24(37)9-11-30(27)42(47(45,46)25-12-14-35(38,39)15-13-25)33(32)21-5-2-4-20(16-21)26-10-8-22(34(43)44)17-28(26)36/h2-11,16-18,25H,12-15H2,(H,43,44). The second-order valence-corrected chi connectivity index (χ2v) is 13.7. The number of hydrogen-bond donors (Lipinski definition) is 1. The Hall–Kier alpha value is -5.10. The molecule has 0 aliphatic heterocycles. The van der Waals surface area contributed by atoms with E-state index in [0.717, 1.165) is 16.1 Å². The van der Waals surface area contributed by atoms with Gasteiger partial charge in [-0.3, -0.25) is 0 Å². The molecule has 47 heavy (non-hydrogen) atoms. The van der Waals surface area contributed by atoms with Gasteiger partial charge in [0.25, 0.3) is 0 Å². The van der Waals surface area contributed by atoms with E-state index in [1.54, 1.807) is 24.3 Å². The van der Waals surface area contributed by atoms with Gasteiger partial charge in [-0.2, -0.15) is 5.26 Å². The molecule has 1 aromatic heterocycles. The van der Waals surface area contributed by atoms with E-state index >= 15 is 0 Å². The van der Waals surface area contributed by atoms with Crippen LogP contribution in [0.15, 0.2) is 78.9 Å². The number of hydrogen-bond acceptors (Lipinski definition) is 4. The summed E-state index contributed by atoms with van der Waals surface area (Å²) >= 11 is 6.49. The summed E-state index contributed by atoms with van der Waals surface area (Å²) in [5.74, 6) is -4.87. The Bertz CT molecular complexity index is 2260. The smallest absolute Gasteiger partial charge is 0.335 e. The summed E-state index contributed by atoms with van der Waals surface area (Å²) in [6, 6.07) is 20.7. The van der Waals surface area contributed by atoms with Crippen molar-refractivity contribution in [2.75, 3.05) is 0 Å². The largest absolute Gasteiger partial charge is 0.478 e. The molecule has 6 rings (SSSR count). The van der Waals surface area contributed by atoms with Crippen LogP contribution in [0.1, 0.15) is 41.6 Å². The predicted octanol–water partition coefficient (Wildman–Crippen LogP) is 9.31. The number of nitriles is 1. The highest BCUT2D eigenvalue weighted by molar-refractivity contribution is 7.90. The summed E-state index contributed by atoms with van der Waals surface area (Å²) in [7, 11) is -4.45. The van der Waals surface area contributed by atoms with Crippen molar-refractivity contribution < 1.29 is 31.5 Å². The number of carbonyl (C=O) groups is 1. The minimum absolute atomic E-state index is 0.00987. The van der Waals surface area contributed by atoms with Gasteiger partial charge < -0.3 is 5.11 Å². The van der Waals surface area contributed by atoms with Crippen LogP contribution in [0.4, 0.5) is 18.9 Å². The lowest BCUT2D eigenvalue weighted by Gasteiger charge is -2.29. The molecule has 0 unspecified atom stereocenters. The van der Waals surface area contributed by atoms with E-state index in [4.69, 9.17) is 18.2 Å². The Morgan fingerprint density at radius 3 is 2.36 bits per heavy atom. The fourth-order valence-electron chi connectivity index (χ4n) is 6.18. The molecule has 0 atom stereocenters. The third-order valence-electron chi connectivity index (χ3n) is 8.42. The maximum absolute atomic E-state index is 15.0. The lowest BCUT2D eigenvalue weighted by atomic mass is 9.92. The Morgan fingerprint density at radius 1 is 1.00 bits per heavy atom. The zero-order valence-electron chi connectivity index (χ0n) is 24.3. The molecule has 1 aliphatic rings. The van der Waals surface area contributed by atoms with Gasteiger partial charge in [-0.15, -0.1) is 0 Å². The average molecular weight is 674 g/mol. The first-order valence-electron chi connectivity index (χ1n) is 14.4. The van der Waals surface area contributed by atoms with Gasteiger partial charge in [-0.25, -0.2) is 35.2 Å². The van der Waals surface area contributed by atoms with Crippen molar-refractivity contribution in [1.29, 1.82) is 5.26 Å². The quantitative estimate of drug-likeness (QED) is 0.181. The number of halogens is 4. The van der Waals surface area contributed by atoms with Crippen LogP contribution in [0.5, 0.6) is 0 Å². The number of alkyl halides is 2. The summed E-state index contributed by atoms with van der Waals surface area (Å²) in [5, 5.41) is 18.5. The van der Waals surface area contributed by atoms with Crippen LogP contribution in [0, 0.1) is 23.7 Å². The van der Waals surface area contributed by atoms with Crippen LogP contribution < -0.4 is 0 Å². The number of carboxylic acid groups (broad SMARTS) is 1. The maximum atomic E-state index is 15.0. The first-order chi connectivity index (χ1) is 22.4. The van der Waals surface area contributed by atoms with E-state index in [2.05, 4.69) is 10.9 Å². The molecule has 4 aromatic carbocycles. The second-order valence-electron chi connectivity index (χ2n) is 11.3. The van der Waals surface area contributed by atoms with Crippen molar-refractivity contribution in [2.24, 2.45) is 0 Å². The lowest BCUT2D eigenvalue weighted by Crippen LogP contribution is -2.35. The van der Waals surface area contributed by atoms with Crippen LogP contribution in [-0.2, 0) is 10.0 Å². The fourth-order valence-corrected chi connectivity index (χ4v) is 8.48. The molecule has 7 nitrogen and oxygen atoms in total. The Labute approximate surface area is 272 Å². The monoisotopic (exact) mass is 673 g/mol. The Morgan fingerprint density at radius 2 is 1.70 bits per heavy atom. The molecule has 0 radical (unpaired) electrons. The van der Waals surface area contributed by atoms with E-state index in [1.165, 1.54) is 42.5 Å². The van der Waals surface area contributed by atoms with Crippen molar-refractivity contribution in [1.82, 2.24) is 3.97 Å². The number of aromatic nitrogens is 1. The number of carboxylic acids is 1. The van der Waals surface area contributed by atoms with E-state index in [1.807, 2.05) is 0 Å². The van der Waals surface area contributed by atoms with Gasteiger partial charge in [0.1, 0.15) is 5.82 Å². The third kappa shape index (κ3) is 5.62. The SMILES string of the molecule is [C-]#[N+]c1cccc(C#N)c1-c1c(-c2cccc(-c3ccc(C(=O)O)cc3Cl)c2)n(S(=O)(=O)C2CCC(F)(F)CC2)c2ccc(F)cc12. The van der Waals surface area contributed by atoms with Crippen molar-refractivity contribution in [3.8, 4) is 39.6 Å². The number of nitrogens with zero attached hydrogens (tertiary/aromatic N) is 3. The van der Waals surface area contributed by atoms with Gasteiger partial charge in [0.2, 0.25) is 15.9 Å². The highest BCUT2D eigenvalue weighted by Gasteiger charge is 2.42. The second kappa shape index (κ2) is 11.9. The summed E-state index contributed by atoms with van der Waals surface area (Å²) in [4.78, 5) is 15.1. The molecule has 236 valence electrons. The van der Waals surface area contributed by atoms with Gasteiger partial charge >= 0.3 is 5.97 Å². The van der Waals surface area contributed by atoms with Crippen molar-refractivity contribution in [3.63, 3.8) is 0 Å². The number of fused-ring (bicyclic) bond motifs is 1. The van der Waals surface area contributed by atoms with E-state index in [9.17, 15) is 36.8 Å². The van der Waals surface area contributed by atoms with Crippen LogP contribution in [0.2, 0.25) is 5.02 Å². The zero-order chi connectivity index (χ0) is 33.7. The van der Waals surface area contributed by atoms with E-state index < -0.39 is 45.8 Å². The number of aromatic carboxylic acids is 1. The fraction of sp³-hybridized carbons (Fsp3) is 0.171. The minimum Gasteiger partial charge on any atom is -0.478 e. The third-order valence-corrected chi connectivity index (χ3v) is 10.9. The lowest BCUT2D eigenvalue weighted by molar-refractivity contribution is -0.0329. The summed E-state index contributed by atoms with van der Waals surface area (Å²) in [6.07, 6.45) is -1.85. The van der Waals surface area contributed by atoms with Gasteiger partial charge in [0, 0.05) is 51.1 Å².